The molecule has 0 bridgehead atoms. The number of halogens is 2. The first-order chi connectivity index (χ1) is 11.1. The van der Waals surface area contributed by atoms with E-state index in [-0.39, 0.29) is 11.8 Å². The molecule has 1 aliphatic carbocycles. The van der Waals surface area contributed by atoms with Gasteiger partial charge in [0.05, 0.1) is 11.0 Å². The summed E-state index contributed by atoms with van der Waals surface area (Å²) in [5, 5.41) is 4.01. The predicted octanol–water partition coefficient (Wildman–Crippen LogP) is 4.89. The number of carbonyl (C=O) groups excluding carboxylic acids is 1. The predicted molar refractivity (Wildman–Crippen MR) is 92.9 cm³/mol. The highest BCUT2D eigenvalue weighted by Gasteiger charge is 2.30. The minimum absolute atomic E-state index is 0.0263. The molecule has 4 rings (SSSR count). The number of benzene rings is 2. The lowest BCUT2D eigenvalue weighted by molar-refractivity contribution is -0.117. The van der Waals surface area contributed by atoms with Gasteiger partial charge in [-0.3, -0.25) is 10.1 Å². The maximum atomic E-state index is 11.8. The molecule has 1 aromatic heterocycles. The van der Waals surface area contributed by atoms with Crippen LogP contribution in [0.1, 0.15) is 12.8 Å². The number of hydrogen-bond donors (Lipinski definition) is 2. The second-order valence-corrected chi connectivity index (χ2v) is 6.49. The third-order valence-corrected chi connectivity index (χ3v) is 4.55. The summed E-state index contributed by atoms with van der Waals surface area (Å²) in [4.78, 5) is 19.3. The molecule has 0 spiro atoms. The van der Waals surface area contributed by atoms with Gasteiger partial charge in [-0.15, -0.1) is 0 Å². The fourth-order valence-electron chi connectivity index (χ4n) is 2.56. The van der Waals surface area contributed by atoms with Crippen LogP contribution >= 0.6 is 23.2 Å². The zero-order valence-electron chi connectivity index (χ0n) is 12.1. The molecule has 1 amide bonds. The standard InChI is InChI=1S/C17H13Cl2N3O/c18-11-2-1-3-12(19)15(11)10-6-7-13-14(8-10)21-17(20-13)22-16(23)9-4-5-9/h1-3,6-9H,4-5H2,(H2,20,21,22,23). The van der Waals surface area contributed by atoms with Gasteiger partial charge in [-0.25, -0.2) is 4.98 Å². The molecule has 0 atom stereocenters. The van der Waals surface area contributed by atoms with Gasteiger partial charge in [0, 0.05) is 21.5 Å². The monoisotopic (exact) mass is 345 g/mol. The number of nitrogens with zero attached hydrogens (tertiary/aromatic N) is 1. The minimum atomic E-state index is 0.0263. The molecule has 2 aromatic carbocycles. The Morgan fingerprint density at radius 1 is 1.17 bits per heavy atom. The summed E-state index contributed by atoms with van der Waals surface area (Å²) >= 11 is 12.5. The van der Waals surface area contributed by atoms with Gasteiger partial charge in [0.25, 0.3) is 0 Å². The number of nitrogens with one attached hydrogen (secondary N) is 2. The highest BCUT2D eigenvalue weighted by atomic mass is 35.5. The van der Waals surface area contributed by atoms with Crippen LogP contribution in [0, 0.1) is 5.92 Å². The lowest BCUT2D eigenvalue weighted by atomic mass is 10.1. The smallest absolute Gasteiger partial charge is 0.229 e. The van der Waals surface area contributed by atoms with Crippen molar-refractivity contribution in [3.05, 3.63) is 46.4 Å². The van der Waals surface area contributed by atoms with Gasteiger partial charge < -0.3 is 4.98 Å². The molecule has 6 heteroatoms. The van der Waals surface area contributed by atoms with Crippen molar-refractivity contribution in [1.82, 2.24) is 9.97 Å². The quantitative estimate of drug-likeness (QED) is 0.710. The highest BCUT2D eigenvalue weighted by molar-refractivity contribution is 6.39. The van der Waals surface area contributed by atoms with E-state index in [4.69, 9.17) is 23.2 Å². The molecule has 0 aliphatic heterocycles. The maximum absolute atomic E-state index is 11.8. The van der Waals surface area contributed by atoms with Gasteiger partial charge in [0.1, 0.15) is 0 Å². The Bertz CT molecular complexity index is 895. The van der Waals surface area contributed by atoms with E-state index in [1.807, 2.05) is 24.3 Å². The number of amides is 1. The van der Waals surface area contributed by atoms with Gasteiger partial charge >= 0.3 is 0 Å². The molecule has 116 valence electrons. The summed E-state index contributed by atoms with van der Waals surface area (Å²) in [5.41, 5.74) is 3.29. The topological polar surface area (TPSA) is 57.8 Å². The zero-order valence-corrected chi connectivity index (χ0v) is 13.6. The first-order valence-corrected chi connectivity index (χ1v) is 8.12. The fraction of sp³-hybridized carbons (Fsp3) is 0.176. The van der Waals surface area contributed by atoms with Crippen LogP contribution in [0.25, 0.3) is 22.2 Å². The van der Waals surface area contributed by atoms with Gasteiger partial charge in [-0.2, -0.15) is 0 Å². The van der Waals surface area contributed by atoms with E-state index in [9.17, 15) is 4.79 Å². The molecule has 1 fully saturated rings. The molecule has 23 heavy (non-hydrogen) atoms. The Labute approximate surface area is 142 Å². The number of H-pyrrole nitrogens is 1. The Morgan fingerprint density at radius 3 is 2.61 bits per heavy atom. The van der Waals surface area contributed by atoms with Crippen LogP contribution in [0.4, 0.5) is 5.95 Å². The van der Waals surface area contributed by atoms with Gasteiger partial charge in [0.2, 0.25) is 11.9 Å². The number of rotatable bonds is 3. The molecule has 0 unspecified atom stereocenters. The lowest BCUT2D eigenvalue weighted by Crippen LogP contribution is -2.14. The van der Waals surface area contributed by atoms with Crippen molar-refractivity contribution in [1.29, 1.82) is 0 Å². The largest absolute Gasteiger partial charge is 0.324 e. The van der Waals surface area contributed by atoms with Crippen LogP contribution in [-0.2, 0) is 4.79 Å². The maximum Gasteiger partial charge on any atom is 0.229 e. The summed E-state index contributed by atoms with van der Waals surface area (Å²) in [7, 11) is 0. The first kappa shape index (κ1) is 14.5. The number of aromatic amines is 1. The van der Waals surface area contributed by atoms with E-state index in [2.05, 4.69) is 15.3 Å². The average molecular weight is 346 g/mol. The number of fused-ring (bicyclic) bond motifs is 1. The number of anilines is 1. The number of carbonyl (C=O) groups is 1. The highest BCUT2D eigenvalue weighted by Crippen LogP contribution is 2.36. The van der Waals surface area contributed by atoms with Crippen molar-refractivity contribution >= 4 is 46.1 Å². The van der Waals surface area contributed by atoms with Crippen molar-refractivity contribution in [2.75, 3.05) is 5.32 Å². The SMILES string of the molecule is O=C(Nc1nc2ccc(-c3c(Cl)cccc3Cl)cc2[nH]1)C1CC1. The summed E-state index contributed by atoms with van der Waals surface area (Å²) in [6, 6.07) is 11.2. The molecule has 3 aromatic rings. The normalized spacial score (nSPS) is 14.2. The summed E-state index contributed by atoms with van der Waals surface area (Å²) < 4.78 is 0. The van der Waals surface area contributed by atoms with E-state index >= 15 is 0 Å². The van der Waals surface area contributed by atoms with Crippen LogP contribution in [0.3, 0.4) is 0 Å². The van der Waals surface area contributed by atoms with E-state index in [1.54, 1.807) is 12.1 Å². The minimum Gasteiger partial charge on any atom is -0.324 e. The Balaban J connectivity index is 1.71. The first-order valence-electron chi connectivity index (χ1n) is 7.37. The van der Waals surface area contributed by atoms with E-state index in [1.165, 1.54) is 0 Å². The van der Waals surface area contributed by atoms with E-state index in [0.717, 1.165) is 35.0 Å². The van der Waals surface area contributed by atoms with Crippen LogP contribution in [0.2, 0.25) is 10.0 Å². The summed E-state index contributed by atoms with van der Waals surface area (Å²) in [5.74, 6) is 0.637. The second kappa shape index (κ2) is 5.55. The lowest BCUT2D eigenvalue weighted by Gasteiger charge is -2.06. The molecular formula is C17H13Cl2N3O. The van der Waals surface area contributed by atoms with Crippen LogP contribution in [0.15, 0.2) is 36.4 Å². The van der Waals surface area contributed by atoms with Crippen molar-refractivity contribution in [2.24, 2.45) is 5.92 Å². The third kappa shape index (κ3) is 2.80. The second-order valence-electron chi connectivity index (χ2n) is 5.68. The number of imidazole rings is 1. The molecule has 0 saturated heterocycles. The van der Waals surface area contributed by atoms with Gasteiger partial charge in [0.15, 0.2) is 0 Å². The molecule has 1 aliphatic rings. The van der Waals surface area contributed by atoms with Crippen molar-refractivity contribution < 1.29 is 4.79 Å². The number of aromatic nitrogens is 2. The molecule has 1 heterocycles. The van der Waals surface area contributed by atoms with Crippen molar-refractivity contribution in [2.45, 2.75) is 12.8 Å². The average Bonchev–Trinajstić information content (AvgIpc) is 3.28. The zero-order chi connectivity index (χ0) is 16.0. The van der Waals surface area contributed by atoms with Crippen molar-refractivity contribution in [3.8, 4) is 11.1 Å². The van der Waals surface area contributed by atoms with Crippen LogP contribution < -0.4 is 5.32 Å². The molecular weight excluding hydrogens is 333 g/mol. The Hall–Kier alpha value is -2.04. The summed E-state index contributed by atoms with van der Waals surface area (Å²) in [6.07, 6.45) is 1.92. The molecule has 0 radical (unpaired) electrons. The Kier molecular flexibility index (Phi) is 3.51. The molecule has 1 saturated carbocycles. The van der Waals surface area contributed by atoms with Gasteiger partial charge in [-0.1, -0.05) is 35.3 Å². The van der Waals surface area contributed by atoms with E-state index in [0.29, 0.717) is 16.0 Å². The van der Waals surface area contributed by atoms with Crippen LogP contribution in [0.5, 0.6) is 0 Å². The van der Waals surface area contributed by atoms with Crippen LogP contribution in [-0.4, -0.2) is 15.9 Å². The molecule has 4 nitrogen and oxygen atoms in total. The number of hydrogen-bond acceptors (Lipinski definition) is 2. The Morgan fingerprint density at radius 2 is 1.91 bits per heavy atom. The molecule has 2 N–H and O–H groups in total. The van der Waals surface area contributed by atoms with Crippen molar-refractivity contribution in [3.63, 3.8) is 0 Å². The van der Waals surface area contributed by atoms with Gasteiger partial charge in [-0.05, 0) is 42.7 Å². The third-order valence-electron chi connectivity index (χ3n) is 3.92. The summed E-state index contributed by atoms with van der Waals surface area (Å²) in [6.45, 7) is 0. The fourth-order valence-corrected chi connectivity index (χ4v) is 3.18. The van der Waals surface area contributed by atoms with E-state index < -0.39 is 0 Å².